The van der Waals surface area contributed by atoms with E-state index in [1.807, 2.05) is 0 Å². The van der Waals surface area contributed by atoms with Crippen LogP contribution in [0.15, 0.2) is 41.6 Å². The maximum atomic E-state index is 5.95. The van der Waals surface area contributed by atoms with Gasteiger partial charge in [0.05, 0.1) is 0 Å². The van der Waals surface area contributed by atoms with Crippen LogP contribution in [0.25, 0.3) is 0 Å². The molecule has 0 bridgehead atoms. The highest BCUT2D eigenvalue weighted by Gasteiger charge is 2.27. The van der Waals surface area contributed by atoms with Gasteiger partial charge in [0.25, 0.3) is 0 Å². The minimum atomic E-state index is -1.50. The quantitative estimate of drug-likeness (QED) is 0.379. The molecule has 0 aliphatic carbocycles. The lowest BCUT2D eigenvalue weighted by atomic mass is 10.2. The molecule has 2 heteroatoms. The van der Waals surface area contributed by atoms with Crippen LogP contribution in [0.2, 0.25) is 13.1 Å². The smallest absolute Gasteiger partial charge is 0.107 e. The third-order valence-corrected chi connectivity index (χ3v) is 7.66. The number of hydrogen-bond acceptors (Lipinski definition) is 0. The van der Waals surface area contributed by atoms with Crippen LogP contribution in [-0.4, -0.2) is 14.0 Å². The summed E-state index contributed by atoms with van der Waals surface area (Å²) in [7, 11) is -1.50. The minimum absolute atomic E-state index is 0.644. The fourth-order valence-corrected chi connectivity index (χ4v) is 5.49. The second-order valence-electron chi connectivity index (χ2n) is 5.33. The average molecular weight is 281 g/mol. The highest BCUT2D eigenvalue weighted by molar-refractivity contribution is 6.95. The topological polar surface area (TPSA) is 0 Å². The van der Waals surface area contributed by atoms with Crippen LogP contribution in [0, 0.1) is 0 Å². The second kappa shape index (κ2) is 7.80. The molecule has 0 amide bonds. The summed E-state index contributed by atoms with van der Waals surface area (Å²) < 4.78 is 0. The first-order chi connectivity index (χ1) is 8.62. The van der Waals surface area contributed by atoms with Gasteiger partial charge >= 0.3 is 0 Å². The molecule has 100 valence electrons. The Kier molecular flexibility index (Phi) is 6.73. The van der Waals surface area contributed by atoms with E-state index >= 15 is 0 Å². The highest BCUT2D eigenvalue weighted by Crippen LogP contribution is 2.21. The zero-order chi connectivity index (χ0) is 13.4. The van der Waals surface area contributed by atoms with Gasteiger partial charge in [-0.05, 0) is 12.8 Å². The van der Waals surface area contributed by atoms with Gasteiger partial charge in [-0.15, -0.1) is 11.6 Å². The zero-order valence-corrected chi connectivity index (χ0v) is 13.6. The Bertz CT molecular complexity index is 368. The Labute approximate surface area is 118 Å². The average Bonchev–Trinajstić information content (AvgIpc) is 2.39. The normalized spacial score (nSPS) is 12.8. The Balaban J connectivity index is 2.87. The lowest BCUT2D eigenvalue weighted by Gasteiger charge is -2.27. The number of hydrogen-bond donors (Lipinski definition) is 0. The first-order valence-corrected chi connectivity index (χ1v) is 10.5. The SMILES string of the molecule is CCCCC/C(=C\CCl)[Si](C)(C)c1ccccc1. The van der Waals surface area contributed by atoms with Crippen molar-refractivity contribution < 1.29 is 0 Å². The second-order valence-corrected chi connectivity index (χ2v) is 10.1. The summed E-state index contributed by atoms with van der Waals surface area (Å²) in [5, 5.41) is 3.12. The molecule has 18 heavy (non-hydrogen) atoms. The number of unbranched alkanes of at least 4 members (excludes halogenated alkanes) is 2. The van der Waals surface area contributed by atoms with E-state index in [0.29, 0.717) is 5.88 Å². The largest absolute Gasteiger partial charge is 0.122 e. The molecule has 0 aromatic heterocycles. The van der Waals surface area contributed by atoms with Crippen molar-refractivity contribution >= 4 is 24.9 Å². The molecule has 0 fully saturated rings. The first-order valence-electron chi connectivity index (χ1n) is 6.94. The monoisotopic (exact) mass is 280 g/mol. The molecule has 0 unspecified atom stereocenters. The van der Waals surface area contributed by atoms with Crippen molar-refractivity contribution in [2.24, 2.45) is 0 Å². The third-order valence-electron chi connectivity index (χ3n) is 3.67. The summed E-state index contributed by atoms with van der Waals surface area (Å²) in [4.78, 5) is 0. The van der Waals surface area contributed by atoms with Crippen LogP contribution in [0.1, 0.15) is 32.6 Å². The molecule has 0 atom stereocenters. The molecule has 0 heterocycles. The third kappa shape index (κ3) is 4.29. The van der Waals surface area contributed by atoms with E-state index in [1.165, 1.54) is 30.9 Å². The number of alkyl halides is 1. The molecule has 1 rings (SSSR count). The number of rotatable bonds is 7. The molecule has 0 saturated heterocycles. The minimum Gasteiger partial charge on any atom is -0.122 e. The molecule has 1 aromatic carbocycles. The standard InChI is InChI=1S/C16H25ClSi/c1-4-5-7-10-16(13-14-17)18(2,3)15-11-8-6-9-12-15/h6,8-9,11-13H,4-5,7,10,14H2,1-3H3/b16-13+. The Morgan fingerprint density at radius 2 is 1.83 bits per heavy atom. The van der Waals surface area contributed by atoms with Crippen molar-refractivity contribution in [3.63, 3.8) is 0 Å². The van der Waals surface area contributed by atoms with Gasteiger partial charge in [-0.1, -0.05) is 79.7 Å². The maximum absolute atomic E-state index is 5.95. The molecule has 0 N–H and O–H groups in total. The van der Waals surface area contributed by atoms with Gasteiger partial charge in [-0.3, -0.25) is 0 Å². The number of benzene rings is 1. The van der Waals surface area contributed by atoms with E-state index < -0.39 is 8.07 Å². The molecule has 0 aliphatic heterocycles. The van der Waals surface area contributed by atoms with Crippen molar-refractivity contribution in [2.75, 3.05) is 5.88 Å². The number of halogens is 1. The lowest BCUT2D eigenvalue weighted by molar-refractivity contribution is 0.722. The van der Waals surface area contributed by atoms with Crippen molar-refractivity contribution in [1.29, 1.82) is 0 Å². The molecule has 0 radical (unpaired) electrons. The van der Waals surface area contributed by atoms with Crippen LogP contribution < -0.4 is 5.19 Å². The van der Waals surface area contributed by atoms with E-state index in [1.54, 1.807) is 5.20 Å². The molecule has 0 saturated carbocycles. The van der Waals surface area contributed by atoms with Crippen molar-refractivity contribution in [1.82, 2.24) is 0 Å². The Morgan fingerprint density at radius 1 is 1.17 bits per heavy atom. The predicted octanol–water partition coefficient (Wildman–Crippen LogP) is 4.89. The van der Waals surface area contributed by atoms with Gasteiger partial charge in [0.2, 0.25) is 0 Å². The van der Waals surface area contributed by atoms with Crippen LogP contribution in [0.4, 0.5) is 0 Å². The highest BCUT2D eigenvalue weighted by atomic mass is 35.5. The summed E-state index contributed by atoms with van der Waals surface area (Å²) in [5.74, 6) is 0.644. The fraction of sp³-hybridized carbons (Fsp3) is 0.500. The number of allylic oxidation sites excluding steroid dienone is 2. The summed E-state index contributed by atoms with van der Waals surface area (Å²) in [6.07, 6.45) is 7.37. The molecular weight excluding hydrogens is 256 g/mol. The van der Waals surface area contributed by atoms with Gasteiger partial charge in [-0.2, -0.15) is 0 Å². The van der Waals surface area contributed by atoms with E-state index in [0.717, 1.165) is 0 Å². The predicted molar refractivity (Wildman–Crippen MR) is 86.5 cm³/mol. The van der Waals surface area contributed by atoms with E-state index in [4.69, 9.17) is 11.6 Å². The fourth-order valence-electron chi connectivity index (χ4n) is 2.37. The summed E-state index contributed by atoms with van der Waals surface area (Å²) in [6.45, 7) is 7.13. The van der Waals surface area contributed by atoms with E-state index in [-0.39, 0.29) is 0 Å². The molecule has 0 nitrogen and oxygen atoms in total. The Morgan fingerprint density at radius 3 is 2.39 bits per heavy atom. The van der Waals surface area contributed by atoms with Crippen LogP contribution >= 0.6 is 11.6 Å². The molecule has 0 aliphatic rings. The van der Waals surface area contributed by atoms with E-state index in [2.05, 4.69) is 56.4 Å². The van der Waals surface area contributed by atoms with Crippen molar-refractivity contribution in [3.05, 3.63) is 41.6 Å². The van der Waals surface area contributed by atoms with Gasteiger partial charge in [0, 0.05) is 5.88 Å². The van der Waals surface area contributed by atoms with Gasteiger partial charge < -0.3 is 0 Å². The molecule has 1 aromatic rings. The summed E-state index contributed by atoms with van der Waals surface area (Å²) >= 11 is 5.95. The zero-order valence-electron chi connectivity index (χ0n) is 11.9. The first kappa shape index (κ1) is 15.5. The molecule has 0 spiro atoms. The summed E-state index contributed by atoms with van der Waals surface area (Å²) in [6, 6.07) is 10.9. The lowest BCUT2D eigenvalue weighted by Crippen LogP contribution is -2.43. The van der Waals surface area contributed by atoms with Crippen LogP contribution in [0.3, 0.4) is 0 Å². The van der Waals surface area contributed by atoms with E-state index in [9.17, 15) is 0 Å². The van der Waals surface area contributed by atoms with Gasteiger partial charge in [0.15, 0.2) is 0 Å². The van der Waals surface area contributed by atoms with Gasteiger partial charge in [-0.25, -0.2) is 0 Å². The van der Waals surface area contributed by atoms with Crippen molar-refractivity contribution in [2.45, 2.75) is 45.7 Å². The Hall–Kier alpha value is -0.533. The maximum Gasteiger partial charge on any atom is 0.107 e. The summed E-state index contributed by atoms with van der Waals surface area (Å²) in [5.41, 5.74) is 0. The van der Waals surface area contributed by atoms with Crippen LogP contribution in [-0.2, 0) is 0 Å². The molecular formula is C16H25ClSi. The van der Waals surface area contributed by atoms with Gasteiger partial charge in [0.1, 0.15) is 8.07 Å². The van der Waals surface area contributed by atoms with Crippen LogP contribution in [0.5, 0.6) is 0 Å². The van der Waals surface area contributed by atoms with Crippen molar-refractivity contribution in [3.8, 4) is 0 Å².